The Morgan fingerprint density at radius 1 is 1.25 bits per heavy atom. The minimum Gasteiger partial charge on any atom is -0.497 e. The van der Waals surface area contributed by atoms with E-state index in [9.17, 15) is 8.42 Å². The van der Waals surface area contributed by atoms with Crippen molar-refractivity contribution in [2.24, 2.45) is 11.1 Å². The zero-order chi connectivity index (χ0) is 15.0. The van der Waals surface area contributed by atoms with E-state index in [0.29, 0.717) is 17.1 Å². The summed E-state index contributed by atoms with van der Waals surface area (Å²) >= 11 is 0. The van der Waals surface area contributed by atoms with Gasteiger partial charge in [-0.2, -0.15) is 0 Å². The lowest BCUT2D eigenvalue weighted by molar-refractivity contribution is 0.204. The second-order valence-electron chi connectivity index (χ2n) is 6.17. The molecule has 1 fully saturated rings. The number of benzene rings is 1. The van der Waals surface area contributed by atoms with Crippen LogP contribution >= 0.6 is 0 Å². The fourth-order valence-electron chi connectivity index (χ4n) is 2.90. The molecule has 0 heterocycles. The predicted octanol–water partition coefficient (Wildman–Crippen LogP) is 2.37. The Kier molecular flexibility index (Phi) is 4.12. The molecule has 1 aromatic rings. The molecule has 0 spiro atoms. The van der Waals surface area contributed by atoms with Crippen LogP contribution in [-0.4, -0.2) is 26.8 Å². The zero-order valence-corrected chi connectivity index (χ0v) is 13.1. The van der Waals surface area contributed by atoms with E-state index in [4.69, 9.17) is 10.5 Å². The van der Waals surface area contributed by atoms with Gasteiger partial charge in [0.05, 0.1) is 17.3 Å². The van der Waals surface area contributed by atoms with Crippen molar-refractivity contribution in [2.75, 3.05) is 7.11 Å². The van der Waals surface area contributed by atoms with Gasteiger partial charge < -0.3 is 10.5 Å². The molecule has 112 valence electrons. The lowest BCUT2D eigenvalue weighted by atomic mass is 9.73. The van der Waals surface area contributed by atoms with E-state index >= 15 is 0 Å². The van der Waals surface area contributed by atoms with Crippen LogP contribution in [0.1, 0.15) is 33.1 Å². The van der Waals surface area contributed by atoms with Crippen LogP contribution in [0.4, 0.5) is 0 Å². The van der Waals surface area contributed by atoms with Crippen LogP contribution in [-0.2, 0) is 9.84 Å². The van der Waals surface area contributed by atoms with E-state index in [-0.39, 0.29) is 11.5 Å². The standard InChI is InChI=1S/C15H23NO3S/c1-15(2)10-4-5-13(14(15)16)20(17,18)12-8-6-11(19-3)7-9-12/h6-9,13-14H,4-5,10,16H2,1-3H3. The van der Waals surface area contributed by atoms with Crippen molar-refractivity contribution < 1.29 is 13.2 Å². The molecule has 4 nitrogen and oxygen atoms in total. The Balaban J connectivity index is 2.33. The fourth-order valence-corrected chi connectivity index (χ4v) is 4.99. The van der Waals surface area contributed by atoms with E-state index in [2.05, 4.69) is 0 Å². The third-order valence-electron chi connectivity index (χ3n) is 4.40. The molecule has 2 unspecified atom stereocenters. The number of ether oxygens (including phenoxy) is 1. The van der Waals surface area contributed by atoms with E-state index in [1.165, 1.54) is 0 Å². The number of nitrogens with two attached hydrogens (primary N) is 1. The maximum Gasteiger partial charge on any atom is 0.182 e. The van der Waals surface area contributed by atoms with Crippen LogP contribution in [0.2, 0.25) is 0 Å². The van der Waals surface area contributed by atoms with Crippen molar-refractivity contribution in [3.63, 3.8) is 0 Å². The Hall–Kier alpha value is -1.07. The fraction of sp³-hybridized carbons (Fsp3) is 0.600. The van der Waals surface area contributed by atoms with Crippen molar-refractivity contribution in [2.45, 2.75) is 49.3 Å². The van der Waals surface area contributed by atoms with Crippen molar-refractivity contribution in [3.8, 4) is 5.75 Å². The first-order valence-corrected chi connectivity index (χ1v) is 8.47. The molecule has 0 radical (unpaired) electrons. The van der Waals surface area contributed by atoms with Crippen LogP contribution in [0.5, 0.6) is 5.75 Å². The Morgan fingerprint density at radius 3 is 2.40 bits per heavy atom. The van der Waals surface area contributed by atoms with Crippen molar-refractivity contribution in [1.29, 1.82) is 0 Å². The quantitative estimate of drug-likeness (QED) is 0.930. The van der Waals surface area contributed by atoms with Crippen molar-refractivity contribution in [1.82, 2.24) is 0 Å². The van der Waals surface area contributed by atoms with Gasteiger partial charge in [-0.3, -0.25) is 0 Å². The van der Waals surface area contributed by atoms with E-state index in [1.54, 1.807) is 31.4 Å². The van der Waals surface area contributed by atoms with Gasteiger partial charge in [0.1, 0.15) is 5.75 Å². The van der Waals surface area contributed by atoms with Gasteiger partial charge in [-0.1, -0.05) is 20.3 Å². The van der Waals surface area contributed by atoms with Gasteiger partial charge in [-0.05, 0) is 42.5 Å². The van der Waals surface area contributed by atoms with Crippen molar-refractivity contribution in [3.05, 3.63) is 24.3 Å². The molecule has 0 aliphatic heterocycles. The summed E-state index contributed by atoms with van der Waals surface area (Å²) in [4.78, 5) is 0.330. The number of sulfone groups is 1. The minimum absolute atomic E-state index is 0.136. The molecular formula is C15H23NO3S. The largest absolute Gasteiger partial charge is 0.497 e. The first-order chi connectivity index (χ1) is 9.29. The molecule has 1 aliphatic rings. The van der Waals surface area contributed by atoms with E-state index < -0.39 is 15.1 Å². The molecule has 0 aromatic heterocycles. The number of hydrogen-bond acceptors (Lipinski definition) is 4. The second kappa shape index (κ2) is 5.37. The highest BCUT2D eigenvalue weighted by Gasteiger charge is 2.43. The Bertz CT molecular complexity index is 563. The van der Waals surface area contributed by atoms with Crippen LogP contribution in [0.3, 0.4) is 0 Å². The summed E-state index contributed by atoms with van der Waals surface area (Å²) in [5.74, 6) is 0.650. The average Bonchev–Trinajstić information content (AvgIpc) is 2.41. The summed E-state index contributed by atoms with van der Waals surface area (Å²) in [6.07, 6.45) is 2.52. The van der Waals surface area contributed by atoms with E-state index in [0.717, 1.165) is 12.8 Å². The Labute approximate surface area is 121 Å². The molecular weight excluding hydrogens is 274 g/mol. The first kappa shape index (κ1) is 15.3. The lowest BCUT2D eigenvalue weighted by Gasteiger charge is -2.41. The summed E-state index contributed by atoms with van der Waals surface area (Å²) < 4.78 is 30.6. The summed E-state index contributed by atoms with van der Waals surface area (Å²) in [6.45, 7) is 4.10. The van der Waals surface area contributed by atoms with Crippen LogP contribution in [0, 0.1) is 5.41 Å². The SMILES string of the molecule is COc1ccc(S(=O)(=O)C2CCCC(C)(C)C2N)cc1. The van der Waals surface area contributed by atoms with Gasteiger partial charge in [0, 0.05) is 6.04 Å². The van der Waals surface area contributed by atoms with Gasteiger partial charge in [0.2, 0.25) is 0 Å². The molecule has 1 saturated carbocycles. The van der Waals surface area contributed by atoms with E-state index in [1.807, 2.05) is 13.8 Å². The molecule has 2 atom stereocenters. The maximum atomic E-state index is 12.8. The first-order valence-electron chi connectivity index (χ1n) is 6.92. The van der Waals surface area contributed by atoms with Crippen LogP contribution < -0.4 is 10.5 Å². The van der Waals surface area contributed by atoms with Crippen molar-refractivity contribution >= 4 is 9.84 Å². The van der Waals surface area contributed by atoms with Crippen LogP contribution in [0.15, 0.2) is 29.2 Å². The molecule has 20 heavy (non-hydrogen) atoms. The molecule has 0 saturated heterocycles. The topological polar surface area (TPSA) is 69.4 Å². The predicted molar refractivity (Wildman–Crippen MR) is 79.6 cm³/mol. The highest BCUT2D eigenvalue weighted by atomic mass is 32.2. The smallest absolute Gasteiger partial charge is 0.182 e. The molecule has 0 amide bonds. The lowest BCUT2D eigenvalue weighted by Crippen LogP contribution is -2.52. The summed E-state index contributed by atoms with van der Waals surface area (Å²) in [5, 5.41) is -0.500. The maximum absolute atomic E-state index is 12.8. The third-order valence-corrected chi connectivity index (χ3v) is 6.65. The summed E-state index contributed by atoms with van der Waals surface area (Å²) in [7, 11) is -1.83. The average molecular weight is 297 g/mol. The second-order valence-corrected chi connectivity index (χ2v) is 8.33. The molecule has 2 rings (SSSR count). The number of rotatable bonds is 3. The molecule has 0 bridgehead atoms. The molecule has 1 aromatic carbocycles. The highest BCUT2D eigenvalue weighted by molar-refractivity contribution is 7.92. The molecule has 5 heteroatoms. The molecule has 1 aliphatic carbocycles. The molecule has 2 N–H and O–H groups in total. The summed E-state index contributed by atoms with van der Waals surface area (Å²) in [6, 6.07) is 6.22. The Morgan fingerprint density at radius 2 is 1.85 bits per heavy atom. The van der Waals surface area contributed by atoms with Gasteiger partial charge in [0.15, 0.2) is 9.84 Å². The monoisotopic (exact) mass is 297 g/mol. The number of hydrogen-bond donors (Lipinski definition) is 1. The van der Waals surface area contributed by atoms with Crippen LogP contribution in [0.25, 0.3) is 0 Å². The minimum atomic E-state index is -3.39. The van der Waals surface area contributed by atoms with Gasteiger partial charge in [0.25, 0.3) is 0 Å². The van der Waals surface area contributed by atoms with Gasteiger partial charge in [-0.25, -0.2) is 8.42 Å². The van der Waals surface area contributed by atoms with Gasteiger partial charge in [-0.15, -0.1) is 0 Å². The summed E-state index contributed by atoms with van der Waals surface area (Å²) in [5.41, 5.74) is 6.10. The highest BCUT2D eigenvalue weighted by Crippen LogP contribution is 2.39. The zero-order valence-electron chi connectivity index (χ0n) is 12.3. The third kappa shape index (κ3) is 2.69. The van der Waals surface area contributed by atoms with Gasteiger partial charge >= 0.3 is 0 Å². The normalized spacial score (nSPS) is 26.2. The number of methoxy groups -OCH3 is 1.